The average Bonchev–Trinajstić information content (AvgIpc) is 1.66. The van der Waals surface area contributed by atoms with Crippen LogP contribution in [-0.4, -0.2) is 338 Å². The Hall–Kier alpha value is -0.640. The van der Waals surface area contributed by atoms with E-state index in [1.54, 1.807) is 0 Å². The van der Waals surface area contributed by atoms with E-state index < -0.39 is 5.60 Å². The van der Waals surface area contributed by atoms with Crippen LogP contribution >= 0.6 is 0 Å². The van der Waals surface area contributed by atoms with Crippen molar-refractivity contribution in [3.63, 3.8) is 0 Å². The van der Waals surface area contributed by atoms with Crippen molar-refractivity contribution in [3.8, 4) is 0 Å². The molecule has 8 bridgehead atoms. The normalized spacial score (nSPS) is 29.0. The molecule has 125 heavy (non-hydrogen) atoms. The number of rotatable bonds is 10. The number of nitrogens with zero attached hydrogens (tertiary/aromatic N) is 12. The number of hydrogen-bond donors (Lipinski definition) is 4. The molecule has 4 N–H and O–H groups in total. The van der Waals surface area contributed by atoms with Gasteiger partial charge in [0.2, 0.25) is 0 Å². The molecule has 0 spiro atoms. The third-order valence-corrected chi connectivity index (χ3v) is 29.7. The lowest BCUT2D eigenvalue weighted by Crippen LogP contribution is -2.59. The summed E-state index contributed by atoms with van der Waals surface area (Å²) in [4.78, 5) is 30.4. The maximum atomic E-state index is 10.4. The number of aliphatic hydroxyl groups is 1. The number of piperidine rings is 9. The van der Waals surface area contributed by atoms with Crippen LogP contribution in [0.2, 0.25) is 0 Å². The zero-order chi connectivity index (χ0) is 94.8. The number of likely N-dealkylation sites (tertiary alicyclic amines) is 4. The lowest BCUT2D eigenvalue weighted by Gasteiger charge is -2.51. The Morgan fingerprint density at radius 1 is 0.376 bits per heavy atom. The fourth-order valence-electron chi connectivity index (χ4n) is 22.1. The van der Waals surface area contributed by atoms with Crippen LogP contribution in [0.25, 0.3) is 0 Å². The minimum atomic E-state index is -0.446. The molecule has 0 amide bonds. The van der Waals surface area contributed by atoms with Gasteiger partial charge in [0, 0.05) is 188 Å². The van der Waals surface area contributed by atoms with Crippen LogP contribution in [0.15, 0.2) is 0 Å². The molecule has 16 aliphatic rings. The summed E-state index contributed by atoms with van der Waals surface area (Å²) in [6, 6.07) is 3.36. The predicted octanol–water partition coefficient (Wildman–Crippen LogP) is 20.7. The van der Waals surface area contributed by atoms with E-state index in [2.05, 4.69) is 345 Å². The molecule has 0 radical (unpaired) electrons. The van der Waals surface area contributed by atoms with Gasteiger partial charge in [-0.1, -0.05) is 137 Å². The summed E-state index contributed by atoms with van der Waals surface area (Å²) >= 11 is 0. The molecule has 16 heteroatoms. The highest BCUT2D eigenvalue weighted by Crippen LogP contribution is 2.44. The smallest absolute Gasteiger partial charge is 0.0720 e. The molecule has 0 aromatic rings. The van der Waals surface area contributed by atoms with Crippen LogP contribution in [0.5, 0.6) is 0 Å². The fraction of sp³-hybridized carbons (Fsp3) is 1.00. The van der Waals surface area contributed by atoms with Crippen LogP contribution in [0.1, 0.15) is 371 Å². The fourth-order valence-corrected chi connectivity index (χ4v) is 22.1. The molecule has 3 aliphatic carbocycles. The quantitative estimate of drug-likeness (QED) is 0.167. The highest BCUT2D eigenvalue weighted by atomic mass is 16.3. The minimum absolute atomic E-state index is 0.0207. The van der Waals surface area contributed by atoms with Crippen molar-refractivity contribution >= 4 is 0 Å². The van der Waals surface area contributed by atoms with Gasteiger partial charge in [0.1, 0.15) is 0 Å². The molecule has 3 saturated carbocycles. The van der Waals surface area contributed by atoms with Crippen LogP contribution in [0, 0.1) is 62.6 Å². The van der Waals surface area contributed by atoms with E-state index in [0.717, 1.165) is 105 Å². The molecule has 8 unspecified atom stereocenters. The lowest BCUT2D eigenvalue weighted by atomic mass is 9.71. The van der Waals surface area contributed by atoms with Gasteiger partial charge in [-0.25, -0.2) is 0 Å². The summed E-state index contributed by atoms with van der Waals surface area (Å²) in [5.41, 5.74) is 3.63. The Morgan fingerprint density at radius 2 is 0.808 bits per heavy atom. The first-order chi connectivity index (χ1) is 57.3. The van der Waals surface area contributed by atoms with E-state index in [4.69, 9.17) is 0 Å². The van der Waals surface area contributed by atoms with E-state index in [0.29, 0.717) is 43.8 Å². The monoisotopic (exact) mass is 1760 g/mol. The van der Waals surface area contributed by atoms with Crippen molar-refractivity contribution in [3.05, 3.63) is 0 Å². The van der Waals surface area contributed by atoms with Gasteiger partial charge in [0.05, 0.1) is 5.60 Å². The predicted molar refractivity (Wildman–Crippen MR) is 552 cm³/mol. The largest absolute Gasteiger partial charge is 0.389 e. The van der Waals surface area contributed by atoms with Gasteiger partial charge < -0.3 is 60.3 Å². The van der Waals surface area contributed by atoms with E-state index in [1.807, 2.05) is 0 Å². The maximum absolute atomic E-state index is 10.4. The van der Waals surface area contributed by atoms with Crippen LogP contribution in [0.3, 0.4) is 0 Å². The molecular weight excluding hydrogens is 1540 g/mol. The second-order valence-electron chi connectivity index (χ2n) is 54.4. The Balaban J connectivity index is 0.000000289. The standard InChI is InChI=1S/C11H22N2.C11H23NO.2C11H21N.C10H20N2.C10H22N2.C10H19N.C9H20N2.C9H19N.C9H21N.C8H19N/c1-11(2,3)12-10-8-13-6-4-9(10)5-7-13;1-5-12-8-6-11(13,7-9-12)10(2,3)4;1-11(2,3)12-8-9-4-6-10(12)7-5-9;1-11(2,3)12-7-9-5-4-6-10(9)8-12;1-10(2,3)11-9-7-12-5-4-8(9)6-12;1-10(2,3)9-12-7-5-11(4)6-8-12;1-10(2,3)11-7-8-4-5-9(11)6-8;1-9(2,3)8-11-6-4-10-5-7-11;1-9(2,3)10-7-5-4-6-8-10;1-6-10(7-2)8-9(3,4)5;1-8(2,3)6-7-9(4)5/h9-10,12H,4-8H2,1-3H3;13H,5-9H2,1-4H3;2*9-10H,4-8H2,1-3H3;8-9,11H,4-7H2,1-3H3;5-9H2,1-4H3;8-9H,4-7H2,1-3H3;10H,4-8H2,1-3H3;4-8H2,1-3H3;6-8H2,1-5H3;6-7H2,1-5H3. The second-order valence-corrected chi connectivity index (χ2v) is 54.4. The molecule has 13 heterocycles. The number of fused-ring (bicyclic) bond motifs is 11. The summed E-state index contributed by atoms with van der Waals surface area (Å²) in [5.74, 6) is 6.04. The molecule has 0 aromatic heterocycles. The molecule has 13 saturated heterocycles. The SMILES string of the molecule is CC(C)(C)CN1CCNCC1.CC(C)(C)N1CC2CCC1C2.CC(C)(C)N1CC2CCC1CC2.CC(C)(C)N1CC2CCCC2C1.CC(C)(C)N1CCCCC1.CC(C)(C)NC1CN2CCC1C2.CC(C)(C)NC1CN2CCC1CC2.CCN(CC)CC(C)(C)C.CCN1CCC(O)(C(C)(C)C)CC1.CN(C)CCC(C)(C)C.CN1CCN(CC(C)(C)C)CC1. The number of hydrogen-bond acceptors (Lipinski definition) is 16. The molecule has 8 atom stereocenters. The van der Waals surface area contributed by atoms with Gasteiger partial charge in [-0.2, -0.15) is 0 Å². The van der Waals surface area contributed by atoms with Crippen LogP contribution in [-0.2, 0) is 0 Å². The topological polar surface area (TPSA) is 95.2 Å². The first kappa shape index (κ1) is 117. The third kappa shape index (κ3) is 47.6. The van der Waals surface area contributed by atoms with Crippen molar-refractivity contribution < 1.29 is 5.11 Å². The average molecular weight is 1760 g/mol. The van der Waals surface area contributed by atoms with E-state index >= 15 is 0 Å². The number of nitrogens with one attached hydrogen (secondary N) is 3. The summed E-state index contributed by atoms with van der Waals surface area (Å²) in [6.45, 7) is 118. The van der Waals surface area contributed by atoms with E-state index in [9.17, 15) is 5.11 Å². The summed E-state index contributed by atoms with van der Waals surface area (Å²) in [7, 11) is 6.44. The van der Waals surface area contributed by atoms with E-state index in [-0.39, 0.29) is 16.5 Å². The molecule has 0 aromatic carbocycles. The zero-order valence-electron chi connectivity index (χ0n) is 92.0. The first-order valence-electron chi connectivity index (χ1n) is 53.0. The maximum Gasteiger partial charge on any atom is 0.0720 e. The highest BCUT2D eigenvalue weighted by molar-refractivity contribution is 5.01. The molecule has 13 aliphatic heterocycles. The highest BCUT2D eigenvalue weighted by Gasteiger charge is 2.46. The van der Waals surface area contributed by atoms with Gasteiger partial charge in [-0.05, 0) is 376 Å². The molecular formula is C109H227N15O. The third-order valence-electron chi connectivity index (χ3n) is 29.7. The first-order valence-corrected chi connectivity index (χ1v) is 53.0. The molecule has 744 valence electrons. The Morgan fingerprint density at radius 3 is 1.11 bits per heavy atom. The van der Waals surface area contributed by atoms with Gasteiger partial charge in [0.25, 0.3) is 0 Å². The van der Waals surface area contributed by atoms with Crippen molar-refractivity contribution in [2.45, 2.75) is 434 Å². The number of piperazine rings is 2. The van der Waals surface area contributed by atoms with Crippen molar-refractivity contribution in [2.75, 3.05) is 211 Å². The zero-order valence-corrected chi connectivity index (χ0v) is 92.0. The number of likely N-dealkylation sites (N-methyl/N-ethyl adjacent to an activating group) is 1. The summed E-state index contributed by atoms with van der Waals surface area (Å²) < 4.78 is 0. The molecule has 16 rings (SSSR count). The molecule has 16 nitrogen and oxygen atoms in total. The lowest BCUT2D eigenvalue weighted by molar-refractivity contribution is -0.0981. The van der Waals surface area contributed by atoms with Crippen LogP contribution < -0.4 is 16.0 Å². The summed E-state index contributed by atoms with van der Waals surface area (Å²) in [5, 5.41) is 21.2. The van der Waals surface area contributed by atoms with Crippen molar-refractivity contribution in [1.82, 2.24) is 74.7 Å². The van der Waals surface area contributed by atoms with E-state index in [1.165, 1.54) is 266 Å². The Bertz CT molecular complexity index is 2760. The van der Waals surface area contributed by atoms with Gasteiger partial charge in [-0.15, -0.1) is 0 Å². The molecule has 16 fully saturated rings. The second kappa shape index (κ2) is 52.1. The summed E-state index contributed by atoms with van der Waals surface area (Å²) in [6.07, 6.45) is 26.4. The van der Waals surface area contributed by atoms with Crippen LogP contribution in [0.4, 0.5) is 0 Å². The Kier molecular flexibility index (Phi) is 48.6. The van der Waals surface area contributed by atoms with Gasteiger partial charge in [-0.3, -0.25) is 19.6 Å². The van der Waals surface area contributed by atoms with Gasteiger partial charge in [0.15, 0.2) is 0 Å². The minimum Gasteiger partial charge on any atom is -0.389 e. The van der Waals surface area contributed by atoms with Crippen molar-refractivity contribution in [1.29, 1.82) is 0 Å². The van der Waals surface area contributed by atoms with Gasteiger partial charge >= 0.3 is 0 Å². The van der Waals surface area contributed by atoms with Crippen molar-refractivity contribution in [2.24, 2.45) is 62.6 Å². The Labute approximate surface area is 783 Å².